The number of benzene rings is 1. The van der Waals surface area contributed by atoms with Gasteiger partial charge in [-0.1, -0.05) is 30.3 Å². The van der Waals surface area contributed by atoms with Gasteiger partial charge in [0.1, 0.15) is 0 Å². The SMILES string of the molecule is CC(C)(C)NC(=O)[C@@H]1CSCN1C[C@@H](O)[C@@H](N)Cc1ccccc1. The van der Waals surface area contributed by atoms with Gasteiger partial charge in [0.2, 0.25) is 5.91 Å². The van der Waals surface area contributed by atoms with Crippen molar-refractivity contribution in [2.45, 2.75) is 50.9 Å². The number of nitrogens with two attached hydrogens (primary N) is 1. The van der Waals surface area contributed by atoms with Crippen LogP contribution in [0.4, 0.5) is 0 Å². The Morgan fingerprint density at radius 3 is 2.71 bits per heavy atom. The van der Waals surface area contributed by atoms with Crippen molar-refractivity contribution in [3.8, 4) is 0 Å². The van der Waals surface area contributed by atoms with E-state index >= 15 is 0 Å². The van der Waals surface area contributed by atoms with E-state index in [1.54, 1.807) is 11.8 Å². The van der Waals surface area contributed by atoms with E-state index in [9.17, 15) is 9.90 Å². The second-order valence-corrected chi connectivity index (χ2v) is 8.45. The van der Waals surface area contributed by atoms with Gasteiger partial charge in [-0.2, -0.15) is 0 Å². The molecule has 1 aliphatic rings. The smallest absolute Gasteiger partial charge is 0.238 e. The predicted octanol–water partition coefficient (Wildman–Crippen LogP) is 1.21. The molecular formula is C18H29N3O2S. The van der Waals surface area contributed by atoms with Gasteiger partial charge >= 0.3 is 0 Å². The Kier molecular flexibility index (Phi) is 6.69. The van der Waals surface area contributed by atoms with Crippen LogP contribution in [0.2, 0.25) is 0 Å². The second-order valence-electron chi connectivity index (χ2n) is 7.45. The molecule has 6 heteroatoms. The maximum atomic E-state index is 12.4. The summed E-state index contributed by atoms with van der Waals surface area (Å²) in [7, 11) is 0. The topological polar surface area (TPSA) is 78.6 Å². The number of hydrogen-bond donors (Lipinski definition) is 3. The molecule has 0 unspecified atom stereocenters. The number of aliphatic hydroxyl groups excluding tert-OH is 1. The van der Waals surface area contributed by atoms with Crippen molar-refractivity contribution in [3.63, 3.8) is 0 Å². The number of rotatable bonds is 6. The summed E-state index contributed by atoms with van der Waals surface area (Å²) in [5.41, 5.74) is 7.03. The Balaban J connectivity index is 1.89. The molecule has 0 radical (unpaired) electrons. The molecule has 4 N–H and O–H groups in total. The standard InChI is InChI=1S/C18H29N3O2S/c1-18(2,3)20-17(23)15-11-24-12-21(15)10-16(22)14(19)9-13-7-5-4-6-8-13/h4-8,14-16,22H,9-12,19H2,1-3H3,(H,20,23)/t14-,15-,16+/m0/s1. The van der Waals surface area contributed by atoms with Crippen LogP contribution in [0.15, 0.2) is 30.3 Å². The Morgan fingerprint density at radius 2 is 2.08 bits per heavy atom. The number of β-amino-alcohol motifs (C(OH)–C–C–N with tert-alkyl or cyclic N) is 1. The second kappa shape index (κ2) is 8.34. The molecule has 134 valence electrons. The molecule has 0 spiro atoms. The number of nitrogens with zero attached hydrogens (tertiary/aromatic N) is 1. The van der Waals surface area contributed by atoms with Gasteiger partial charge in [-0.05, 0) is 32.8 Å². The normalized spacial score (nSPS) is 21.5. The Labute approximate surface area is 149 Å². The van der Waals surface area contributed by atoms with Crippen LogP contribution in [-0.2, 0) is 11.2 Å². The van der Waals surface area contributed by atoms with Crippen molar-refractivity contribution in [3.05, 3.63) is 35.9 Å². The van der Waals surface area contributed by atoms with Crippen molar-refractivity contribution < 1.29 is 9.90 Å². The first-order valence-corrected chi connectivity index (χ1v) is 9.53. The summed E-state index contributed by atoms with van der Waals surface area (Å²) in [4.78, 5) is 14.5. The lowest BCUT2D eigenvalue weighted by Gasteiger charge is -2.30. The van der Waals surface area contributed by atoms with E-state index in [2.05, 4.69) is 5.32 Å². The molecule has 1 saturated heterocycles. The fourth-order valence-electron chi connectivity index (χ4n) is 2.75. The van der Waals surface area contributed by atoms with Crippen molar-refractivity contribution in [1.82, 2.24) is 10.2 Å². The van der Waals surface area contributed by atoms with E-state index in [0.717, 1.165) is 17.2 Å². The van der Waals surface area contributed by atoms with Crippen LogP contribution in [0.3, 0.4) is 0 Å². The van der Waals surface area contributed by atoms with Crippen molar-refractivity contribution >= 4 is 17.7 Å². The van der Waals surface area contributed by atoms with Gasteiger partial charge in [0, 0.05) is 29.8 Å². The Hall–Kier alpha value is -1.08. The molecule has 1 amide bonds. The van der Waals surface area contributed by atoms with Crippen molar-refractivity contribution in [2.24, 2.45) is 5.73 Å². The summed E-state index contributed by atoms with van der Waals surface area (Å²) >= 11 is 1.72. The molecule has 1 aliphatic heterocycles. The van der Waals surface area contributed by atoms with E-state index in [4.69, 9.17) is 5.73 Å². The zero-order chi connectivity index (χ0) is 17.7. The third-order valence-electron chi connectivity index (χ3n) is 4.00. The molecule has 1 fully saturated rings. The molecule has 0 aromatic heterocycles. The summed E-state index contributed by atoms with van der Waals surface area (Å²) in [6, 6.07) is 9.38. The first-order chi connectivity index (χ1) is 11.3. The van der Waals surface area contributed by atoms with Crippen LogP contribution in [0.1, 0.15) is 26.3 Å². The van der Waals surface area contributed by atoms with Gasteiger partial charge in [0.05, 0.1) is 12.1 Å². The first kappa shape index (κ1) is 19.2. The number of thioether (sulfide) groups is 1. The minimum Gasteiger partial charge on any atom is -0.390 e. The summed E-state index contributed by atoms with van der Waals surface area (Å²) in [6.07, 6.45) is -0.0316. The molecule has 2 rings (SSSR count). The van der Waals surface area contributed by atoms with Crippen molar-refractivity contribution in [2.75, 3.05) is 18.2 Å². The number of carbonyl (C=O) groups is 1. The minimum atomic E-state index is -0.658. The average molecular weight is 352 g/mol. The lowest BCUT2D eigenvalue weighted by atomic mass is 10.0. The van der Waals surface area contributed by atoms with E-state index in [1.165, 1.54) is 0 Å². The van der Waals surface area contributed by atoms with Gasteiger partial charge in [-0.3, -0.25) is 9.69 Å². The zero-order valence-electron chi connectivity index (χ0n) is 14.7. The van der Waals surface area contributed by atoms with E-state index < -0.39 is 6.10 Å². The highest BCUT2D eigenvalue weighted by Crippen LogP contribution is 2.22. The molecule has 3 atom stereocenters. The average Bonchev–Trinajstić information content (AvgIpc) is 2.94. The number of amides is 1. The number of aliphatic hydroxyl groups is 1. The maximum absolute atomic E-state index is 12.4. The van der Waals surface area contributed by atoms with Crippen LogP contribution in [-0.4, -0.2) is 57.8 Å². The van der Waals surface area contributed by atoms with Crippen molar-refractivity contribution in [1.29, 1.82) is 0 Å². The van der Waals surface area contributed by atoms with Gasteiger partial charge in [0.25, 0.3) is 0 Å². The van der Waals surface area contributed by atoms with E-state index in [1.807, 2.05) is 56.0 Å². The molecular weight excluding hydrogens is 322 g/mol. The molecule has 1 aromatic carbocycles. The van der Waals surface area contributed by atoms with Gasteiger partial charge in [-0.25, -0.2) is 0 Å². The van der Waals surface area contributed by atoms with Crippen LogP contribution >= 0.6 is 11.8 Å². The summed E-state index contributed by atoms with van der Waals surface area (Å²) in [5.74, 6) is 1.52. The number of nitrogens with one attached hydrogen (secondary N) is 1. The lowest BCUT2D eigenvalue weighted by Crippen LogP contribution is -2.53. The Morgan fingerprint density at radius 1 is 1.42 bits per heavy atom. The molecule has 1 aromatic rings. The van der Waals surface area contributed by atoms with Gasteiger partial charge in [0.15, 0.2) is 0 Å². The highest BCUT2D eigenvalue weighted by atomic mass is 32.2. The fourth-order valence-corrected chi connectivity index (χ4v) is 3.96. The van der Waals surface area contributed by atoms with E-state index in [0.29, 0.717) is 13.0 Å². The largest absolute Gasteiger partial charge is 0.390 e. The van der Waals surface area contributed by atoms with E-state index in [-0.39, 0.29) is 23.5 Å². The minimum absolute atomic E-state index is 0.0244. The molecule has 5 nitrogen and oxygen atoms in total. The third-order valence-corrected chi connectivity index (χ3v) is 5.07. The predicted molar refractivity (Wildman–Crippen MR) is 99.8 cm³/mol. The number of hydrogen-bond acceptors (Lipinski definition) is 5. The summed E-state index contributed by atoms with van der Waals surface area (Å²) in [6.45, 7) is 6.34. The van der Waals surface area contributed by atoms with Crippen LogP contribution < -0.4 is 11.1 Å². The number of carbonyl (C=O) groups excluding carboxylic acids is 1. The van der Waals surface area contributed by atoms with Gasteiger partial charge < -0.3 is 16.2 Å². The quantitative estimate of drug-likeness (QED) is 0.718. The third kappa shape index (κ3) is 5.77. The zero-order valence-corrected chi connectivity index (χ0v) is 15.6. The Bertz CT molecular complexity index is 533. The molecule has 1 heterocycles. The van der Waals surface area contributed by atoms with Crippen LogP contribution in [0.25, 0.3) is 0 Å². The molecule has 24 heavy (non-hydrogen) atoms. The van der Waals surface area contributed by atoms with Gasteiger partial charge in [-0.15, -0.1) is 11.8 Å². The van der Waals surface area contributed by atoms with Crippen LogP contribution in [0, 0.1) is 0 Å². The highest BCUT2D eigenvalue weighted by molar-refractivity contribution is 7.99. The highest BCUT2D eigenvalue weighted by Gasteiger charge is 2.34. The maximum Gasteiger partial charge on any atom is 0.238 e. The summed E-state index contributed by atoms with van der Waals surface area (Å²) in [5, 5.41) is 13.5. The fraction of sp³-hybridized carbons (Fsp3) is 0.611. The van der Waals surface area contributed by atoms with Crippen LogP contribution in [0.5, 0.6) is 0 Å². The molecule has 0 aliphatic carbocycles. The summed E-state index contributed by atoms with van der Waals surface area (Å²) < 4.78 is 0. The lowest BCUT2D eigenvalue weighted by molar-refractivity contribution is -0.126. The monoisotopic (exact) mass is 351 g/mol. The molecule has 0 bridgehead atoms. The molecule has 0 saturated carbocycles. The first-order valence-electron chi connectivity index (χ1n) is 8.37.